The minimum Gasteiger partial charge on any atom is -0.497 e. The lowest BCUT2D eigenvalue weighted by molar-refractivity contribution is -0.137. The number of sulfone groups is 1. The number of ether oxygens (including phenoxy) is 1. The van der Waals surface area contributed by atoms with E-state index in [1.807, 2.05) is 0 Å². The van der Waals surface area contributed by atoms with Gasteiger partial charge in [0.25, 0.3) is 0 Å². The molecule has 0 amide bonds. The lowest BCUT2D eigenvalue weighted by Gasteiger charge is -2.31. The lowest BCUT2D eigenvalue weighted by atomic mass is 10.1. The standard InChI is InChI=1S/C20H22F3NO5S2/c1-29-17-5-7-18(8-6-17)31(27,28)19-9-11-24(12-10-19)30(25,26)14-15-3-2-4-16(13-15)20(21,22)23/h2-8,13,19H,9-12,14H2,1H3. The Kier molecular flexibility index (Phi) is 6.68. The predicted molar refractivity (Wildman–Crippen MR) is 109 cm³/mol. The van der Waals surface area contributed by atoms with E-state index in [9.17, 15) is 30.0 Å². The van der Waals surface area contributed by atoms with Crippen LogP contribution in [0.15, 0.2) is 53.4 Å². The Labute approximate surface area is 179 Å². The van der Waals surface area contributed by atoms with Crippen LogP contribution in [0.5, 0.6) is 5.75 Å². The summed E-state index contributed by atoms with van der Waals surface area (Å²) >= 11 is 0. The zero-order valence-electron chi connectivity index (χ0n) is 16.7. The zero-order chi connectivity index (χ0) is 22.9. The molecule has 2 aromatic rings. The molecule has 0 aliphatic carbocycles. The lowest BCUT2D eigenvalue weighted by Crippen LogP contribution is -2.42. The second-order valence-corrected chi connectivity index (χ2v) is 11.5. The van der Waals surface area contributed by atoms with Crippen molar-refractivity contribution in [2.24, 2.45) is 0 Å². The molecule has 1 aliphatic rings. The molecule has 1 heterocycles. The summed E-state index contributed by atoms with van der Waals surface area (Å²) in [5, 5.41) is -0.735. The van der Waals surface area contributed by atoms with Crippen LogP contribution in [0.3, 0.4) is 0 Å². The average Bonchev–Trinajstić information content (AvgIpc) is 2.73. The van der Waals surface area contributed by atoms with Crippen molar-refractivity contribution >= 4 is 19.9 Å². The second-order valence-electron chi connectivity index (χ2n) is 7.27. The van der Waals surface area contributed by atoms with Crippen LogP contribution in [0, 0.1) is 0 Å². The summed E-state index contributed by atoms with van der Waals surface area (Å²) < 4.78 is 95.9. The van der Waals surface area contributed by atoms with Crippen molar-refractivity contribution in [3.63, 3.8) is 0 Å². The van der Waals surface area contributed by atoms with Crippen LogP contribution < -0.4 is 4.74 Å². The first-order chi connectivity index (χ1) is 14.4. The first kappa shape index (κ1) is 23.6. The van der Waals surface area contributed by atoms with Gasteiger partial charge < -0.3 is 4.74 Å². The molecule has 0 N–H and O–H groups in total. The minimum atomic E-state index is -4.56. The summed E-state index contributed by atoms with van der Waals surface area (Å²) in [5.41, 5.74) is -0.882. The van der Waals surface area contributed by atoms with Crippen LogP contribution in [0.4, 0.5) is 13.2 Å². The number of benzene rings is 2. The molecule has 0 spiro atoms. The van der Waals surface area contributed by atoms with Gasteiger partial charge in [0.15, 0.2) is 9.84 Å². The molecule has 0 saturated carbocycles. The quantitative estimate of drug-likeness (QED) is 0.636. The molecule has 1 aliphatic heterocycles. The summed E-state index contributed by atoms with van der Waals surface area (Å²) in [5.74, 6) is -0.0539. The third kappa shape index (κ3) is 5.39. The van der Waals surface area contributed by atoms with E-state index in [4.69, 9.17) is 4.74 Å². The van der Waals surface area contributed by atoms with Gasteiger partial charge >= 0.3 is 6.18 Å². The molecule has 3 rings (SSSR count). The maximum absolute atomic E-state index is 12.9. The summed E-state index contributed by atoms with van der Waals surface area (Å²) in [7, 11) is -6.05. The predicted octanol–water partition coefficient (Wildman–Crippen LogP) is 3.48. The highest BCUT2D eigenvalue weighted by molar-refractivity contribution is 7.92. The van der Waals surface area contributed by atoms with Crippen molar-refractivity contribution in [1.82, 2.24) is 4.31 Å². The second kappa shape index (κ2) is 8.79. The van der Waals surface area contributed by atoms with Crippen LogP contribution in [-0.2, 0) is 31.8 Å². The summed E-state index contributed by atoms with van der Waals surface area (Å²) in [6, 6.07) is 10.2. The maximum Gasteiger partial charge on any atom is 0.416 e. The van der Waals surface area contributed by atoms with Gasteiger partial charge in [-0.15, -0.1) is 0 Å². The molecule has 0 bridgehead atoms. The molecular weight excluding hydrogens is 455 g/mol. The number of nitrogens with zero attached hydrogens (tertiary/aromatic N) is 1. The molecule has 11 heteroatoms. The Morgan fingerprint density at radius 1 is 1.00 bits per heavy atom. The van der Waals surface area contributed by atoms with Crippen LogP contribution in [0.2, 0.25) is 0 Å². The monoisotopic (exact) mass is 477 g/mol. The van der Waals surface area contributed by atoms with Gasteiger partial charge in [-0.2, -0.15) is 13.2 Å². The number of halogens is 3. The van der Waals surface area contributed by atoms with E-state index in [1.54, 1.807) is 12.1 Å². The number of piperidine rings is 1. The van der Waals surface area contributed by atoms with Crippen LogP contribution in [0.1, 0.15) is 24.0 Å². The Morgan fingerprint density at radius 2 is 1.61 bits per heavy atom. The zero-order valence-corrected chi connectivity index (χ0v) is 18.3. The first-order valence-corrected chi connectivity index (χ1v) is 12.6. The Bertz CT molecular complexity index is 1120. The smallest absolute Gasteiger partial charge is 0.416 e. The highest BCUT2D eigenvalue weighted by Gasteiger charge is 2.36. The Morgan fingerprint density at radius 3 is 2.16 bits per heavy atom. The highest BCUT2D eigenvalue weighted by atomic mass is 32.2. The largest absolute Gasteiger partial charge is 0.497 e. The van der Waals surface area contributed by atoms with Gasteiger partial charge in [0.05, 0.1) is 28.6 Å². The molecule has 6 nitrogen and oxygen atoms in total. The fourth-order valence-corrected chi connectivity index (χ4v) is 6.80. The van der Waals surface area contributed by atoms with E-state index in [2.05, 4.69) is 0 Å². The van der Waals surface area contributed by atoms with Crippen molar-refractivity contribution in [2.45, 2.75) is 34.9 Å². The van der Waals surface area contributed by atoms with E-state index in [0.717, 1.165) is 16.4 Å². The Balaban J connectivity index is 1.68. The molecule has 1 saturated heterocycles. The van der Waals surface area contributed by atoms with Gasteiger partial charge in [-0.1, -0.05) is 18.2 Å². The normalized spacial score (nSPS) is 16.9. The van der Waals surface area contributed by atoms with Crippen molar-refractivity contribution in [1.29, 1.82) is 0 Å². The van der Waals surface area contributed by atoms with Crippen molar-refractivity contribution < 1.29 is 34.7 Å². The summed E-state index contributed by atoms with van der Waals surface area (Å²) in [6.45, 7) is -0.0251. The van der Waals surface area contributed by atoms with E-state index < -0.39 is 42.6 Å². The van der Waals surface area contributed by atoms with Gasteiger partial charge in [-0.25, -0.2) is 21.1 Å². The fourth-order valence-electron chi connectivity index (χ4n) is 3.52. The molecule has 0 radical (unpaired) electrons. The first-order valence-electron chi connectivity index (χ1n) is 9.45. The van der Waals surface area contributed by atoms with E-state index >= 15 is 0 Å². The van der Waals surface area contributed by atoms with Crippen molar-refractivity contribution in [2.75, 3.05) is 20.2 Å². The van der Waals surface area contributed by atoms with E-state index in [-0.39, 0.29) is 36.4 Å². The molecule has 1 fully saturated rings. The van der Waals surface area contributed by atoms with E-state index in [1.165, 1.54) is 31.4 Å². The van der Waals surface area contributed by atoms with Gasteiger partial charge in [-0.05, 0) is 48.7 Å². The molecule has 2 aromatic carbocycles. The van der Waals surface area contributed by atoms with E-state index in [0.29, 0.717) is 5.75 Å². The number of methoxy groups -OCH3 is 1. The van der Waals surface area contributed by atoms with Gasteiger partial charge in [0.2, 0.25) is 10.0 Å². The van der Waals surface area contributed by atoms with Crippen molar-refractivity contribution in [3.8, 4) is 5.75 Å². The molecule has 0 unspecified atom stereocenters. The van der Waals surface area contributed by atoms with Crippen LogP contribution in [-0.4, -0.2) is 46.6 Å². The Hall–Kier alpha value is -2.11. The molecule has 0 atom stereocenters. The highest BCUT2D eigenvalue weighted by Crippen LogP contribution is 2.31. The molecular formula is C20H22F3NO5S2. The topological polar surface area (TPSA) is 80.8 Å². The number of sulfonamides is 1. The molecule has 0 aromatic heterocycles. The summed E-state index contributed by atoms with van der Waals surface area (Å²) in [4.78, 5) is 0.138. The molecule has 31 heavy (non-hydrogen) atoms. The van der Waals surface area contributed by atoms with Crippen LogP contribution >= 0.6 is 0 Å². The maximum atomic E-state index is 12.9. The number of hydrogen-bond donors (Lipinski definition) is 0. The summed E-state index contributed by atoms with van der Waals surface area (Å²) in [6.07, 6.45) is -4.35. The average molecular weight is 478 g/mol. The SMILES string of the molecule is COc1ccc(S(=O)(=O)C2CCN(S(=O)(=O)Cc3cccc(C(F)(F)F)c3)CC2)cc1. The van der Waals surface area contributed by atoms with Crippen LogP contribution in [0.25, 0.3) is 0 Å². The third-order valence-electron chi connectivity index (χ3n) is 5.22. The van der Waals surface area contributed by atoms with Gasteiger partial charge in [0.1, 0.15) is 5.75 Å². The minimum absolute atomic E-state index is 0.0126. The van der Waals surface area contributed by atoms with Gasteiger partial charge in [0, 0.05) is 13.1 Å². The third-order valence-corrected chi connectivity index (χ3v) is 9.35. The number of rotatable bonds is 6. The number of alkyl halides is 3. The van der Waals surface area contributed by atoms with Crippen molar-refractivity contribution in [3.05, 3.63) is 59.7 Å². The number of hydrogen-bond acceptors (Lipinski definition) is 5. The fraction of sp³-hybridized carbons (Fsp3) is 0.400. The molecule has 170 valence electrons. The van der Waals surface area contributed by atoms with Gasteiger partial charge in [-0.3, -0.25) is 0 Å².